The highest BCUT2D eigenvalue weighted by Crippen LogP contribution is 2.21. The Morgan fingerprint density at radius 2 is 2.20 bits per heavy atom. The lowest BCUT2D eigenvalue weighted by molar-refractivity contribution is 0.112. The molecule has 1 atom stereocenters. The number of hydrogen-bond donors (Lipinski definition) is 1. The van der Waals surface area contributed by atoms with Gasteiger partial charge in [-0.25, -0.2) is 0 Å². The number of carbonyl (C=O) groups excluding carboxylic acids is 1. The molecule has 0 aromatic heterocycles. The van der Waals surface area contributed by atoms with Gasteiger partial charge in [0.25, 0.3) is 0 Å². The van der Waals surface area contributed by atoms with Gasteiger partial charge in [-0.3, -0.25) is 4.79 Å². The van der Waals surface area contributed by atoms with Crippen molar-refractivity contribution in [2.24, 2.45) is 0 Å². The summed E-state index contributed by atoms with van der Waals surface area (Å²) < 4.78 is 0. The number of anilines is 1. The van der Waals surface area contributed by atoms with E-state index in [0.29, 0.717) is 5.56 Å². The molecule has 1 N–H and O–H groups in total. The van der Waals surface area contributed by atoms with Crippen LogP contribution in [0.15, 0.2) is 18.2 Å². The summed E-state index contributed by atoms with van der Waals surface area (Å²) >= 11 is 0. The van der Waals surface area contributed by atoms with Crippen molar-refractivity contribution in [3.8, 4) is 0 Å². The fraction of sp³-hybridized carbons (Fsp3) is 0.417. The first-order valence-electron chi connectivity index (χ1n) is 4.99. The minimum absolute atomic E-state index is 0.0748. The molecule has 0 amide bonds. The summed E-state index contributed by atoms with van der Waals surface area (Å²) in [5.74, 6) is 0. The molecule has 0 aliphatic carbocycles. The molecule has 1 unspecified atom stereocenters. The molecule has 0 heterocycles. The van der Waals surface area contributed by atoms with Crippen molar-refractivity contribution in [3.05, 3.63) is 29.3 Å². The minimum Gasteiger partial charge on any atom is -0.394 e. The third-order valence-corrected chi connectivity index (χ3v) is 2.66. The van der Waals surface area contributed by atoms with Crippen molar-refractivity contribution in [1.82, 2.24) is 0 Å². The summed E-state index contributed by atoms with van der Waals surface area (Å²) in [6.07, 6.45) is 0.840. The van der Waals surface area contributed by atoms with Gasteiger partial charge in [-0.1, -0.05) is 0 Å². The van der Waals surface area contributed by atoms with Gasteiger partial charge in [-0.05, 0) is 37.6 Å². The van der Waals surface area contributed by atoms with Crippen LogP contribution in [0.1, 0.15) is 22.8 Å². The van der Waals surface area contributed by atoms with Crippen LogP contribution in [-0.4, -0.2) is 31.1 Å². The van der Waals surface area contributed by atoms with E-state index in [1.807, 2.05) is 37.9 Å². The fourth-order valence-electron chi connectivity index (χ4n) is 1.51. The van der Waals surface area contributed by atoms with Crippen molar-refractivity contribution >= 4 is 12.0 Å². The largest absolute Gasteiger partial charge is 0.394 e. The summed E-state index contributed by atoms with van der Waals surface area (Å²) in [6, 6.07) is 5.62. The molecule has 0 aliphatic heterocycles. The first-order valence-corrected chi connectivity index (χ1v) is 4.99. The second kappa shape index (κ2) is 4.94. The van der Waals surface area contributed by atoms with E-state index >= 15 is 0 Å². The average molecular weight is 207 g/mol. The van der Waals surface area contributed by atoms with Crippen LogP contribution in [0.25, 0.3) is 0 Å². The Morgan fingerprint density at radius 1 is 1.53 bits per heavy atom. The highest BCUT2D eigenvalue weighted by atomic mass is 16.3. The number of aldehydes is 1. The zero-order valence-electron chi connectivity index (χ0n) is 9.40. The Labute approximate surface area is 90.3 Å². The molecule has 3 heteroatoms. The van der Waals surface area contributed by atoms with E-state index in [0.717, 1.165) is 17.5 Å². The third kappa shape index (κ3) is 2.57. The zero-order chi connectivity index (χ0) is 11.4. The van der Waals surface area contributed by atoms with Gasteiger partial charge in [0.05, 0.1) is 6.61 Å². The van der Waals surface area contributed by atoms with Gasteiger partial charge in [0.1, 0.15) is 6.29 Å². The minimum atomic E-state index is 0.0748. The monoisotopic (exact) mass is 207 g/mol. The Bertz CT molecular complexity index is 349. The first kappa shape index (κ1) is 11.7. The van der Waals surface area contributed by atoms with E-state index in [1.54, 1.807) is 6.07 Å². The number of rotatable bonds is 4. The standard InChI is InChI=1S/C12H17NO2/c1-9-6-11(8-15)4-5-12(9)13(3)10(2)7-14/h4-6,8,10,14H,7H2,1-3H3. The third-order valence-electron chi connectivity index (χ3n) is 2.66. The van der Waals surface area contributed by atoms with Gasteiger partial charge in [0.2, 0.25) is 0 Å². The number of aliphatic hydroxyl groups is 1. The maximum atomic E-state index is 10.6. The first-order chi connectivity index (χ1) is 7.10. The van der Waals surface area contributed by atoms with Crippen molar-refractivity contribution in [2.45, 2.75) is 19.9 Å². The number of aryl methyl sites for hydroxylation is 1. The predicted octanol–water partition coefficient (Wildman–Crippen LogP) is 1.62. The van der Waals surface area contributed by atoms with Crippen molar-refractivity contribution in [3.63, 3.8) is 0 Å². The number of benzene rings is 1. The van der Waals surface area contributed by atoms with E-state index in [9.17, 15) is 4.79 Å². The number of nitrogens with zero attached hydrogens (tertiary/aromatic N) is 1. The van der Waals surface area contributed by atoms with Crippen molar-refractivity contribution in [1.29, 1.82) is 0 Å². The maximum Gasteiger partial charge on any atom is 0.150 e. The molecule has 1 aromatic rings. The van der Waals surface area contributed by atoms with E-state index in [2.05, 4.69) is 0 Å². The Morgan fingerprint density at radius 3 is 2.67 bits per heavy atom. The molecule has 3 nitrogen and oxygen atoms in total. The topological polar surface area (TPSA) is 40.5 Å². The molecule has 0 saturated heterocycles. The Hall–Kier alpha value is -1.35. The van der Waals surface area contributed by atoms with Gasteiger partial charge in [-0.15, -0.1) is 0 Å². The van der Waals surface area contributed by atoms with E-state index < -0.39 is 0 Å². The summed E-state index contributed by atoms with van der Waals surface area (Å²) in [4.78, 5) is 12.6. The van der Waals surface area contributed by atoms with Crippen LogP contribution in [0.2, 0.25) is 0 Å². The number of hydrogen-bond acceptors (Lipinski definition) is 3. The summed E-state index contributed by atoms with van der Waals surface area (Å²) in [5.41, 5.74) is 2.77. The number of aliphatic hydroxyl groups excluding tert-OH is 1. The van der Waals surface area contributed by atoms with Gasteiger partial charge in [0, 0.05) is 24.3 Å². The molecule has 82 valence electrons. The van der Waals surface area contributed by atoms with Crippen LogP contribution in [0.5, 0.6) is 0 Å². The normalized spacial score (nSPS) is 12.3. The van der Waals surface area contributed by atoms with E-state index in [4.69, 9.17) is 5.11 Å². The zero-order valence-corrected chi connectivity index (χ0v) is 9.40. The highest BCUT2D eigenvalue weighted by Gasteiger charge is 2.10. The maximum absolute atomic E-state index is 10.6. The molecule has 1 aromatic carbocycles. The van der Waals surface area contributed by atoms with Gasteiger partial charge in [0.15, 0.2) is 0 Å². The lowest BCUT2D eigenvalue weighted by atomic mass is 10.1. The van der Waals surface area contributed by atoms with E-state index in [-0.39, 0.29) is 12.6 Å². The fourth-order valence-corrected chi connectivity index (χ4v) is 1.51. The van der Waals surface area contributed by atoms with Gasteiger partial charge in [-0.2, -0.15) is 0 Å². The van der Waals surface area contributed by atoms with Crippen LogP contribution in [0, 0.1) is 6.92 Å². The molecule has 0 radical (unpaired) electrons. The van der Waals surface area contributed by atoms with Crippen LogP contribution in [0.3, 0.4) is 0 Å². The summed E-state index contributed by atoms with van der Waals surface area (Å²) in [7, 11) is 1.93. The molecular formula is C12H17NO2. The summed E-state index contributed by atoms with van der Waals surface area (Å²) in [6.45, 7) is 4.03. The molecule has 0 fully saturated rings. The van der Waals surface area contributed by atoms with Crippen molar-refractivity contribution < 1.29 is 9.90 Å². The van der Waals surface area contributed by atoms with Gasteiger partial charge >= 0.3 is 0 Å². The van der Waals surface area contributed by atoms with Gasteiger partial charge < -0.3 is 10.0 Å². The average Bonchev–Trinajstić information content (AvgIpc) is 2.26. The number of carbonyl (C=O) groups is 1. The highest BCUT2D eigenvalue weighted by molar-refractivity contribution is 5.76. The molecular weight excluding hydrogens is 190 g/mol. The van der Waals surface area contributed by atoms with Crippen LogP contribution in [0.4, 0.5) is 5.69 Å². The lowest BCUT2D eigenvalue weighted by Crippen LogP contribution is -2.32. The molecule has 0 spiro atoms. The van der Waals surface area contributed by atoms with Crippen LogP contribution in [-0.2, 0) is 0 Å². The molecule has 0 saturated carbocycles. The predicted molar refractivity (Wildman–Crippen MR) is 61.5 cm³/mol. The quantitative estimate of drug-likeness (QED) is 0.763. The van der Waals surface area contributed by atoms with Crippen LogP contribution >= 0.6 is 0 Å². The molecule has 0 aliphatic rings. The molecule has 15 heavy (non-hydrogen) atoms. The summed E-state index contributed by atoms with van der Waals surface area (Å²) in [5, 5.41) is 9.06. The second-order valence-electron chi connectivity index (χ2n) is 3.81. The van der Waals surface area contributed by atoms with Crippen LogP contribution < -0.4 is 4.90 Å². The smallest absolute Gasteiger partial charge is 0.150 e. The molecule has 1 rings (SSSR count). The Kier molecular flexibility index (Phi) is 3.86. The number of likely N-dealkylation sites (N-methyl/N-ethyl adjacent to an activating group) is 1. The Balaban J connectivity index is 2.99. The lowest BCUT2D eigenvalue weighted by Gasteiger charge is -2.27. The SMILES string of the molecule is Cc1cc(C=O)ccc1N(C)C(C)CO. The van der Waals surface area contributed by atoms with E-state index in [1.165, 1.54) is 0 Å². The van der Waals surface area contributed by atoms with Crippen molar-refractivity contribution in [2.75, 3.05) is 18.6 Å². The second-order valence-corrected chi connectivity index (χ2v) is 3.81. The molecule has 0 bridgehead atoms.